The van der Waals surface area contributed by atoms with Crippen LogP contribution in [0.2, 0.25) is 0 Å². The van der Waals surface area contributed by atoms with Gasteiger partial charge in [0.05, 0.1) is 6.61 Å². The van der Waals surface area contributed by atoms with Crippen LogP contribution >= 0.6 is 24.0 Å². The average molecular weight is 413 g/mol. The lowest BCUT2D eigenvalue weighted by atomic mass is 10.1. The van der Waals surface area contributed by atoms with E-state index in [9.17, 15) is 0 Å². The molecule has 0 bridgehead atoms. The first-order valence-electron chi connectivity index (χ1n) is 6.82. The lowest BCUT2D eigenvalue weighted by Gasteiger charge is -2.35. The van der Waals surface area contributed by atoms with Crippen LogP contribution in [0.15, 0.2) is 46.9 Å². The third-order valence-corrected chi connectivity index (χ3v) is 3.60. The van der Waals surface area contributed by atoms with Gasteiger partial charge in [-0.2, -0.15) is 5.12 Å². The van der Waals surface area contributed by atoms with E-state index in [-0.39, 0.29) is 30.1 Å². The van der Waals surface area contributed by atoms with Gasteiger partial charge in [-0.05, 0) is 29.8 Å². The summed E-state index contributed by atoms with van der Waals surface area (Å²) in [5.41, 5.74) is 6.66. The number of amidine groups is 2. The number of fused-ring (bicyclic) bond motifs is 1. The molecule has 0 radical (unpaired) electrons. The lowest BCUT2D eigenvalue weighted by molar-refractivity contribution is -0.00715. The summed E-state index contributed by atoms with van der Waals surface area (Å²) in [6, 6.07) is 3.98. The minimum atomic E-state index is 0. The van der Waals surface area contributed by atoms with E-state index >= 15 is 0 Å². The Bertz CT molecular complexity index is 618. The molecule has 9 heteroatoms. The van der Waals surface area contributed by atoms with Crippen LogP contribution in [0.25, 0.3) is 0 Å². The summed E-state index contributed by atoms with van der Waals surface area (Å²) < 4.78 is 5.86. The fraction of sp³-hybridized carbons (Fsp3) is 0.308. The van der Waals surface area contributed by atoms with Gasteiger partial charge >= 0.3 is 0 Å². The van der Waals surface area contributed by atoms with Crippen molar-refractivity contribution in [3.8, 4) is 0 Å². The number of aromatic nitrogens is 1. The summed E-state index contributed by atoms with van der Waals surface area (Å²) in [6.07, 6.45) is 7.51. The second kappa shape index (κ2) is 6.58. The number of nitrogens with zero attached hydrogens (tertiary/aromatic N) is 5. The fourth-order valence-electron chi connectivity index (χ4n) is 2.51. The molecule has 116 valence electrons. The molecule has 0 aliphatic carbocycles. The van der Waals surface area contributed by atoms with Gasteiger partial charge in [-0.3, -0.25) is 4.98 Å². The van der Waals surface area contributed by atoms with E-state index in [0.717, 1.165) is 30.3 Å². The van der Waals surface area contributed by atoms with Crippen LogP contribution in [0.3, 0.4) is 0 Å². The van der Waals surface area contributed by atoms with Gasteiger partial charge in [0.15, 0.2) is 11.7 Å². The smallest absolute Gasteiger partial charge is 0.189 e. The lowest BCUT2D eigenvalue weighted by Crippen LogP contribution is -2.46. The first-order chi connectivity index (χ1) is 10.4. The van der Waals surface area contributed by atoms with Crippen molar-refractivity contribution in [2.45, 2.75) is 6.10 Å². The zero-order valence-electron chi connectivity index (χ0n) is 11.7. The van der Waals surface area contributed by atoms with Crippen molar-refractivity contribution in [2.24, 2.45) is 10.2 Å². The summed E-state index contributed by atoms with van der Waals surface area (Å²) in [4.78, 5) is 6.26. The third-order valence-electron chi connectivity index (χ3n) is 3.60. The fourth-order valence-corrected chi connectivity index (χ4v) is 2.51. The van der Waals surface area contributed by atoms with Gasteiger partial charge in [0.1, 0.15) is 6.10 Å². The second-order valence-electron chi connectivity index (χ2n) is 4.88. The molecule has 1 aromatic rings. The van der Waals surface area contributed by atoms with Gasteiger partial charge in [-0.1, -0.05) is 0 Å². The normalized spacial score (nSPS) is 23.2. The summed E-state index contributed by atoms with van der Waals surface area (Å²) in [5.74, 6) is 1.64. The Morgan fingerprint density at radius 1 is 1.18 bits per heavy atom. The van der Waals surface area contributed by atoms with Crippen molar-refractivity contribution >= 4 is 35.6 Å². The predicted molar refractivity (Wildman–Crippen MR) is 92.0 cm³/mol. The molecule has 1 saturated heterocycles. The van der Waals surface area contributed by atoms with Crippen LogP contribution in [0.4, 0.5) is 0 Å². The number of halogens is 1. The molecular weight excluding hydrogens is 397 g/mol. The summed E-state index contributed by atoms with van der Waals surface area (Å²) in [5, 5.41) is 10.2. The first kappa shape index (κ1) is 15.2. The van der Waals surface area contributed by atoms with Gasteiger partial charge in [0.25, 0.3) is 0 Å². The first-order valence-corrected chi connectivity index (χ1v) is 6.82. The molecule has 3 aliphatic rings. The molecule has 1 atom stereocenters. The number of pyridine rings is 1. The highest BCUT2D eigenvalue weighted by Crippen LogP contribution is 2.22. The van der Waals surface area contributed by atoms with E-state index in [1.165, 1.54) is 0 Å². The Balaban J connectivity index is 0.00000144. The van der Waals surface area contributed by atoms with E-state index < -0.39 is 0 Å². The number of hydrogen-bond acceptors (Lipinski definition) is 8. The Kier molecular flexibility index (Phi) is 4.55. The quantitative estimate of drug-likeness (QED) is 0.657. The monoisotopic (exact) mass is 413 g/mol. The molecule has 0 amide bonds. The van der Waals surface area contributed by atoms with Crippen molar-refractivity contribution in [3.63, 3.8) is 0 Å². The molecular formula is C13H16IN7O. The van der Waals surface area contributed by atoms with Gasteiger partial charge in [-0.25, -0.2) is 5.53 Å². The van der Waals surface area contributed by atoms with E-state index in [1.807, 2.05) is 24.3 Å². The largest absolute Gasteiger partial charge is 0.370 e. The minimum Gasteiger partial charge on any atom is -0.370 e. The number of morpholine rings is 1. The molecule has 4 rings (SSSR count). The standard InChI is InChI=1S/C13H15N7O.HI/c1-2-13(16-20-12(1)15-17-18-20)19-7-8-21-11(9-19)10-3-5-14-6-4-10;/h1-6,11,17-18H,7-9H2;1H. The average Bonchev–Trinajstić information content (AvgIpc) is 3.03. The van der Waals surface area contributed by atoms with Crippen LogP contribution in [0.1, 0.15) is 11.7 Å². The van der Waals surface area contributed by atoms with Crippen molar-refractivity contribution in [1.29, 1.82) is 0 Å². The summed E-state index contributed by atoms with van der Waals surface area (Å²) >= 11 is 0. The third kappa shape index (κ3) is 2.91. The minimum absolute atomic E-state index is 0. The van der Waals surface area contributed by atoms with Gasteiger partial charge in [0.2, 0.25) is 0 Å². The molecule has 1 aromatic heterocycles. The summed E-state index contributed by atoms with van der Waals surface area (Å²) in [7, 11) is 0. The second-order valence-corrected chi connectivity index (χ2v) is 4.88. The molecule has 1 unspecified atom stereocenters. The van der Waals surface area contributed by atoms with Crippen LogP contribution < -0.4 is 11.1 Å². The molecule has 0 aromatic carbocycles. The van der Waals surface area contributed by atoms with Crippen LogP contribution in [-0.4, -0.2) is 46.4 Å². The van der Waals surface area contributed by atoms with Crippen molar-refractivity contribution in [3.05, 3.63) is 42.2 Å². The zero-order valence-corrected chi connectivity index (χ0v) is 14.0. The van der Waals surface area contributed by atoms with Crippen LogP contribution in [0.5, 0.6) is 0 Å². The maximum Gasteiger partial charge on any atom is 0.189 e. The van der Waals surface area contributed by atoms with Crippen molar-refractivity contribution in [1.82, 2.24) is 26.1 Å². The van der Waals surface area contributed by atoms with Crippen molar-refractivity contribution in [2.75, 3.05) is 19.7 Å². The van der Waals surface area contributed by atoms with Gasteiger partial charge in [-0.15, -0.1) is 39.7 Å². The molecule has 22 heavy (non-hydrogen) atoms. The highest BCUT2D eigenvalue weighted by atomic mass is 127. The van der Waals surface area contributed by atoms with E-state index in [4.69, 9.17) is 4.74 Å². The zero-order chi connectivity index (χ0) is 14.1. The topological polar surface area (TPSA) is 77.4 Å². The number of rotatable bonds is 1. The maximum atomic E-state index is 5.86. The number of hydrazine groups is 2. The highest BCUT2D eigenvalue weighted by Gasteiger charge is 2.26. The Morgan fingerprint density at radius 3 is 2.86 bits per heavy atom. The molecule has 1 fully saturated rings. The highest BCUT2D eigenvalue weighted by molar-refractivity contribution is 14.0. The van der Waals surface area contributed by atoms with E-state index in [0.29, 0.717) is 6.61 Å². The number of hydrogen-bond donors (Lipinski definition) is 2. The number of ether oxygens (including phenoxy) is 1. The summed E-state index contributed by atoms with van der Waals surface area (Å²) in [6.45, 7) is 2.26. The van der Waals surface area contributed by atoms with Gasteiger partial charge in [0, 0.05) is 25.5 Å². The van der Waals surface area contributed by atoms with Crippen LogP contribution in [0, 0.1) is 0 Å². The molecule has 3 aliphatic heterocycles. The maximum absolute atomic E-state index is 5.86. The SMILES string of the molecule is C1=CC2=NNNN2N=C1N1CCOC(c2ccncc2)C1.I. The van der Waals surface area contributed by atoms with Gasteiger partial charge < -0.3 is 9.64 Å². The molecule has 4 heterocycles. The van der Waals surface area contributed by atoms with Crippen molar-refractivity contribution < 1.29 is 4.74 Å². The van der Waals surface area contributed by atoms with Crippen LogP contribution in [-0.2, 0) is 4.74 Å². The number of hydrazone groups is 2. The van der Waals surface area contributed by atoms with E-state index in [2.05, 4.69) is 31.2 Å². The Morgan fingerprint density at radius 2 is 2.00 bits per heavy atom. The Hall–Kier alpha value is -1.72. The number of nitrogens with one attached hydrogen (secondary N) is 2. The predicted octanol–water partition coefficient (Wildman–Crippen LogP) is 0.594. The molecule has 8 nitrogen and oxygen atoms in total. The Labute approximate surface area is 144 Å². The van der Waals surface area contributed by atoms with E-state index in [1.54, 1.807) is 17.5 Å². The molecule has 0 saturated carbocycles. The molecule has 0 spiro atoms. The molecule has 2 N–H and O–H groups in total.